The first-order valence-corrected chi connectivity index (χ1v) is 16.6. The highest BCUT2D eigenvalue weighted by molar-refractivity contribution is 7.15. The second-order valence-corrected chi connectivity index (χ2v) is 13.0. The Morgan fingerprint density at radius 1 is 0.522 bits per heavy atom. The first-order valence-electron chi connectivity index (χ1n) is 15.8. The van der Waals surface area contributed by atoms with Gasteiger partial charge in [-0.1, -0.05) is 140 Å². The van der Waals surface area contributed by atoms with Gasteiger partial charge in [-0.25, -0.2) is 15.0 Å². The molecule has 0 amide bonds. The van der Waals surface area contributed by atoms with Gasteiger partial charge in [0.25, 0.3) is 0 Å². The molecule has 0 unspecified atom stereocenters. The zero-order valence-corrected chi connectivity index (χ0v) is 25.9. The largest absolute Gasteiger partial charge is 0.208 e. The molecule has 2 aromatic heterocycles. The normalized spacial score (nSPS) is 14.0. The molecule has 2 aliphatic carbocycles. The van der Waals surface area contributed by atoms with E-state index >= 15 is 0 Å². The van der Waals surface area contributed by atoms with E-state index in [0.717, 1.165) is 34.7 Å². The highest BCUT2D eigenvalue weighted by Crippen LogP contribution is 2.56. The summed E-state index contributed by atoms with van der Waals surface area (Å²) in [7, 11) is 0. The number of hydrogen-bond donors (Lipinski definition) is 0. The van der Waals surface area contributed by atoms with E-state index in [-0.39, 0.29) is 0 Å². The van der Waals surface area contributed by atoms with Crippen LogP contribution in [0, 0.1) is 0 Å². The van der Waals surface area contributed by atoms with Gasteiger partial charge in [-0.2, -0.15) is 0 Å². The van der Waals surface area contributed by atoms with Gasteiger partial charge in [-0.05, 0) is 63.9 Å². The molecule has 3 nitrogen and oxygen atoms in total. The van der Waals surface area contributed by atoms with Crippen molar-refractivity contribution in [2.24, 2.45) is 0 Å². The first kappa shape index (κ1) is 26.9. The van der Waals surface area contributed by atoms with Gasteiger partial charge < -0.3 is 0 Å². The SMILES string of the molecule is C1=Cc2cc(-c3nc(-c4ccccc4)nc(-c4cccc(C5(c6ccccc6)c6ccccc6-c6ccccc65)c4)n3)sc2CC1. The lowest BCUT2D eigenvalue weighted by atomic mass is 9.67. The number of thiophene rings is 1. The van der Waals surface area contributed by atoms with E-state index in [1.54, 1.807) is 11.3 Å². The van der Waals surface area contributed by atoms with Crippen molar-refractivity contribution in [3.63, 3.8) is 0 Å². The van der Waals surface area contributed by atoms with Crippen LogP contribution >= 0.6 is 11.3 Å². The van der Waals surface area contributed by atoms with Gasteiger partial charge in [0.15, 0.2) is 17.5 Å². The summed E-state index contributed by atoms with van der Waals surface area (Å²) >= 11 is 1.80. The van der Waals surface area contributed by atoms with Crippen molar-refractivity contribution in [1.82, 2.24) is 15.0 Å². The summed E-state index contributed by atoms with van der Waals surface area (Å²) in [5.74, 6) is 2.08. The van der Waals surface area contributed by atoms with Gasteiger partial charge >= 0.3 is 0 Å². The van der Waals surface area contributed by atoms with Gasteiger partial charge in [-0.3, -0.25) is 0 Å². The Labute approximate surface area is 272 Å². The predicted molar refractivity (Wildman–Crippen MR) is 189 cm³/mol. The maximum Gasteiger partial charge on any atom is 0.174 e. The fourth-order valence-electron chi connectivity index (χ4n) is 7.25. The van der Waals surface area contributed by atoms with Crippen LogP contribution in [-0.2, 0) is 11.8 Å². The lowest BCUT2D eigenvalue weighted by Gasteiger charge is -2.34. The lowest BCUT2D eigenvalue weighted by molar-refractivity contribution is 0.768. The number of hydrogen-bond acceptors (Lipinski definition) is 4. The Morgan fingerprint density at radius 2 is 1.11 bits per heavy atom. The van der Waals surface area contributed by atoms with Crippen LogP contribution in [0.2, 0.25) is 0 Å². The van der Waals surface area contributed by atoms with Gasteiger partial charge in [0.2, 0.25) is 0 Å². The van der Waals surface area contributed by atoms with Crippen molar-refractivity contribution < 1.29 is 0 Å². The molecule has 7 aromatic rings. The standard InChI is InChI=1S/C42H29N3S/c1-3-14-28(15-4-1)39-43-40(45-41(44-39)38-27-29-16-7-12-25-37(29)46-38)30-17-13-20-32(26-30)42(31-18-5-2-6-19-31)35-23-10-8-21-33(35)34-22-9-11-24-36(34)42/h1-11,13-24,26-27H,12,25H2. The summed E-state index contributed by atoms with van der Waals surface area (Å²) in [6, 6.07) is 49.9. The van der Waals surface area contributed by atoms with E-state index in [2.05, 4.69) is 133 Å². The predicted octanol–water partition coefficient (Wildman–Crippen LogP) is 10.3. The molecule has 0 aliphatic heterocycles. The average Bonchev–Trinajstić information content (AvgIpc) is 3.71. The molecule has 0 N–H and O–H groups in total. The van der Waals surface area contributed by atoms with Crippen LogP contribution in [0.15, 0.2) is 146 Å². The van der Waals surface area contributed by atoms with Crippen molar-refractivity contribution >= 4 is 17.4 Å². The summed E-state index contributed by atoms with van der Waals surface area (Å²) in [5.41, 5.74) is 10.3. The van der Waals surface area contributed by atoms with Crippen molar-refractivity contribution in [2.45, 2.75) is 18.3 Å². The number of rotatable bonds is 5. The van der Waals surface area contributed by atoms with E-state index in [9.17, 15) is 0 Å². The monoisotopic (exact) mass is 607 g/mol. The molecule has 2 aliphatic rings. The van der Waals surface area contributed by atoms with Gasteiger partial charge in [-0.15, -0.1) is 11.3 Å². The van der Waals surface area contributed by atoms with Crippen LogP contribution in [0.3, 0.4) is 0 Å². The van der Waals surface area contributed by atoms with Crippen molar-refractivity contribution in [2.75, 3.05) is 0 Å². The van der Waals surface area contributed by atoms with Gasteiger partial charge in [0.05, 0.1) is 10.3 Å². The van der Waals surface area contributed by atoms with Gasteiger partial charge in [0, 0.05) is 16.0 Å². The van der Waals surface area contributed by atoms with E-state index in [0.29, 0.717) is 11.6 Å². The molecule has 0 fully saturated rings. The topological polar surface area (TPSA) is 38.7 Å². The second kappa shape index (κ2) is 10.9. The Balaban J connectivity index is 1.27. The molecule has 0 bridgehead atoms. The third-order valence-electron chi connectivity index (χ3n) is 9.28. The Morgan fingerprint density at radius 3 is 1.83 bits per heavy atom. The van der Waals surface area contributed by atoms with Gasteiger partial charge in [0.1, 0.15) is 0 Å². The molecule has 2 heterocycles. The van der Waals surface area contributed by atoms with Crippen LogP contribution in [0.1, 0.15) is 39.1 Å². The number of nitrogens with zero attached hydrogens (tertiary/aromatic N) is 3. The lowest BCUT2D eigenvalue weighted by Crippen LogP contribution is -2.28. The molecule has 9 rings (SSSR count). The molecule has 46 heavy (non-hydrogen) atoms. The number of aromatic nitrogens is 3. The highest BCUT2D eigenvalue weighted by Gasteiger charge is 2.45. The average molecular weight is 608 g/mol. The minimum absolute atomic E-state index is 0.484. The first-order chi connectivity index (χ1) is 22.8. The summed E-state index contributed by atoms with van der Waals surface area (Å²) in [5, 5.41) is 0. The zero-order chi connectivity index (χ0) is 30.5. The number of fused-ring (bicyclic) bond motifs is 4. The maximum absolute atomic E-state index is 5.16. The summed E-state index contributed by atoms with van der Waals surface area (Å²) in [6.07, 6.45) is 6.61. The third-order valence-corrected chi connectivity index (χ3v) is 10.5. The molecular formula is C42H29N3S. The molecule has 0 spiro atoms. The Kier molecular flexibility index (Phi) is 6.36. The minimum Gasteiger partial charge on any atom is -0.208 e. The van der Waals surface area contributed by atoms with Crippen LogP contribution in [0.4, 0.5) is 0 Å². The highest BCUT2D eigenvalue weighted by atomic mass is 32.1. The maximum atomic E-state index is 5.16. The van der Waals surface area contributed by atoms with Crippen molar-refractivity contribution in [1.29, 1.82) is 0 Å². The quantitative estimate of drug-likeness (QED) is 0.195. The molecule has 0 atom stereocenters. The van der Waals surface area contributed by atoms with Crippen molar-refractivity contribution in [3.05, 3.63) is 178 Å². The fourth-order valence-corrected chi connectivity index (χ4v) is 8.35. The Bertz CT molecular complexity index is 2220. The minimum atomic E-state index is -0.484. The van der Waals surface area contributed by atoms with Crippen LogP contribution in [0.5, 0.6) is 0 Å². The molecule has 0 saturated heterocycles. The fraction of sp³-hybridized carbons (Fsp3) is 0.0714. The van der Waals surface area contributed by atoms with Crippen molar-refractivity contribution in [3.8, 4) is 44.6 Å². The van der Waals surface area contributed by atoms with Crippen LogP contribution < -0.4 is 0 Å². The van der Waals surface area contributed by atoms with E-state index < -0.39 is 5.41 Å². The molecule has 5 aromatic carbocycles. The molecule has 4 heteroatoms. The molecule has 218 valence electrons. The van der Waals surface area contributed by atoms with E-state index in [1.807, 2.05) is 18.2 Å². The molecule has 0 saturated carbocycles. The Hall–Kier alpha value is -5.45. The molecule has 0 radical (unpaired) electrons. The third kappa shape index (κ3) is 4.22. The van der Waals surface area contributed by atoms with Crippen LogP contribution in [0.25, 0.3) is 50.7 Å². The number of allylic oxidation sites excluding steroid dienone is 1. The van der Waals surface area contributed by atoms with Crippen LogP contribution in [-0.4, -0.2) is 15.0 Å². The summed E-state index contributed by atoms with van der Waals surface area (Å²) < 4.78 is 0. The molecular weight excluding hydrogens is 579 g/mol. The smallest absolute Gasteiger partial charge is 0.174 e. The van der Waals surface area contributed by atoms with E-state index in [1.165, 1.54) is 43.8 Å². The number of aryl methyl sites for hydroxylation is 1. The van der Waals surface area contributed by atoms with E-state index in [4.69, 9.17) is 15.0 Å². The zero-order valence-electron chi connectivity index (χ0n) is 25.1. The second-order valence-electron chi connectivity index (χ2n) is 11.9. The summed E-state index contributed by atoms with van der Waals surface area (Å²) in [6.45, 7) is 0. The number of benzene rings is 5. The summed E-state index contributed by atoms with van der Waals surface area (Å²) in [4.78, 5) is 17.8.